The topological polar surface area (TPSA) is 70.6 Å². The highest BCUT2D eigenvalue weighted by Gasteiger charge is 2.24. The van der Waals surface area contributed by atoms with Crippen molar-refractivity contribution in [1.29, 1.82) is 0 Å². The standard InChI is InChI=1S/C24H32N6O/c1-25-24(26-15-21-16-28-30(19-21)18-20-9-4-2-5-10-20)27-17-22(23-11-8-14-31-23)29-12-6-3-7-13-29/h2,4-5,8-11,14,16,19,22H,3,6-7,12-13,15,17-18H2,1H3,(H2,25,26,27). The Bertz CT molecular complexity index is 928. The fourth-order valence-corrected chi connectivity index (χ4v) is 4.07. The quantitative estimate of drug-likeness (QED) is 0.432. The van der Waals surface area contributed by atoms with Gasteiger partial charge in [-0.15, -0.1) is 0 Å². The molecule has 1 fully saturated rings. The summed E-state index contributed by atoms with van der Waals surface area (Å²) in [5.41, 5.74) is 2.36. The number of guanidine groups is 1. The fraction of sp³-hybridized carbons (Fsp3) is 0.417. The van der Waals surface area contributed by atoms with Crippen LogP contribution in [0.3, 0.4) is 0 Å². The molecule has 3 heterocycles. The number of hydrogen-bond acceptors (Lipinski definition) is 4. The molecule has 1 unspecified atom stereocenters. The first-order valence-electron chi connectivity index (χ1n) is 11.1. The van der Waals surface area contributed by atoms with E-state index in [-0.39, 0.29) is 6.04 Å². The lowest BCUT2D eigenvalue weighted by atomic mass is 10.1. The lowest BCUT2D eigenvalue weighted by Gasteiger charge is -2.33. The predicted octanol–water partition coefficient (Wildman–Crippen LogP) is 3.42. The Kier molecular flexibility index (Phi) is 7.39. The fourth-order valence-electron chi connectivity index (χ4n) is 4.07. The third-order valence-corrected chi connectivity index (χ3v) is 5.72. The van der Waals surface area contributed by atoms with Gasteiger partial charge in [-0.3, -0.25) is 14.6 Å². The zero-order chi connectivity index (χ0) is 21.3. The number of nitrogens with zero attached hydrogens (tertiary/aromatic N) is 4. The van der Waals surface area contributed by atoms with E-state index in [0.29, 0.717) is 6.54 Å². The summed E-state index contributed by atoms with van der Waals surface area (Å²) in [7, 11) is 1.80. The highest BCUT2D eigenvalue weighted by atomic mass is 16.3. The second-order valence-corrected chi connectivity index (χ2v) is 7.97. The van der Waals surface area contributed by atoms with Crippen LogP contribution in [-0.2, 0) is 13.1 Å². The highest BCUT2D eigenvalue weighted by Crippen LogP contribution is 2.24. The molecule has 0 bridgehead atoms. The smallest absolute Gasteiger partial charge is 0.191 e. The van der Waals surface area contributed by atoms with Gasteiger partial charge in [0.1, 0.15) is 5.76 Å². The SMILES string of the molecule is CN=C(NCc1cnn(Cc2ccccc2)c1)NCC(c1ccco1)N1CCCCC1. The van der Waals surface area contributed by atoms with Crippen molar-refractivity contribution in [2.45, 2.75) is 38.4 Å². The van der Waals surface area contributed by atoms with E-state index in [0.717, 1.165) is 43.5 Å². The van der Waals surface area contributed by atoms with Gasteiger partial charge in [0.05, 0.1) is 25.0 Å². The van der Waals surface area contributed by atoms with Crippen LogP contribution < -0.4 is 10.6 Å². The molecule has 0 aliphatic carbocycles. The molecule has 31 heavy (non-hydrogen) atoms. The first-order chi connectivity index (χ1) is 15.3. The van der Waals surface area contributed by atoms with Crippen LogP contribution in [0.15, 0.2) is 70.5 Å². The summed E-state index contributed by atoms with van der Waals surface area (Å²) in [4.78, 5) is 6.90. The zero-order valence-corrected chi connectivity index (χ0v) is 18.2. The maximum Gasteiger partial charge on any atom is 0.191 e. The highest BCUT2D eigenvalue weighted by molar-refractivity contribution is 5.79. The molecule has 1 atom stereocenters. The monoisotopic (exact) mass is 420 g/mol. The van der Waals surface area contributed by atoms with Crippen LogP contribution in [0.4, 0.5) is 0 Å². The van der Waals surface area contributed by atoms with Crippen LogP contribution in [0, 0.1) is 0 Å². The Morgan fingerprint density at radius 2 is 1.90 bits per heavy atom. The summed E-state index contributed by atoms with van der Waals surface area (Å²) < 4.78 is 7.71. The van der Waals surface area contributed by atoms with E-state index in [1.165, 1.54) is 24.8 Å². The van der Waals surface area contributed by atoms with Gasteiger partial charge < -0.3 is 15.1 Å². The van der Waals surface area contributed by atoms with Gasteiger partial charge in [-0.25, -0.2) is 0 Å². The van der Waals surface area contributed by atoms with Crippen molar-refractivity contribution in [2.75, 3.05) is 26.7 Å². The maximum absolute atomic E-state index is 5.74. The summed E-state index contributed by atoms with van der Waals surface area (Å²) in [6.45, 7) is 4.41. The van der Waals surface area contributed by atoms with Gasteiger partial charge in [0.25, 0.3) is 0 Å². The van der Waals surface area contributed by atoms with E-state index in [9.17, 15) is 0 Å². The number of piperidine rings is 1. The van der Waals surface area contributed by atoms with Crippen LogP contribution in [0.25, 0.3) is 0 Å². The molecule has 2 aromatic heterocycles. The van der Waals surface area contributed by atoms with Crippen molar-refractivity contribution < 1.29 is 4.42 Å². The molecule has 1 saturated heterocycles. The summed E-state index contributed by atoms with van der Waals surface area (Å²) in [5.74, 6) is 1.79. The second-order valence-electron chi connectivity index (χ2n) is 7.97. The van der Waals surface area contributed by atoms with Crippen molar-refractivity contribution in [3.8, 4) is 0 Å². The van der Waals surface area contributed by atoms with Gasteiger partial charge in [0.2, 0.25) is 0 Å². The van der Waals surface area contributed by atoms with Gasteiger partial charge in [0, 0.05) is 31.9 Å². The average Bonchev–Trinajstić information content (AvgIpc) is 3.50. The number of nitrogens with one attached hydrogen (secondary N) is 2. The molecule has 0 amide bonds. The number of benzene rings is 1. The molecule has 3 aromatic rings. The number of hydrogen-bond donors (Lipinski definition) is 2. The van der Waals surface area contributed by atoms with E-state index in [1.807, 2.05) is 23.0 Å². The lowest BCUT2D eigenvalue weighted by Crippen LogP contribution is -2.44. The number of likely N-dealkylation sites (tertiary alicyclic amines) is 1. The molecule has 7 heteroatoms. The molecule has 1 aliphatic rings. The van der Waals surface area contributed by atoms with E-state index in [1.54, 1.807) is 13.3 Å². The molecule has 4 rings (SSSR count). The second kappa shape index (κ2) is 10.8. The first-order valence-corrected chi connectivity index (χ1v) is 11.1. The first kappa shape index (κ1) is 21.2. The number of aromatic nitrogens is 2. The van der Waals surface area contributed by atoms with E-state index < -0.39 is 0 Å². The molecule has 0 spiro atoms. The molecule has 164 valence electrons. The summed E-state index contributed by atoms with van der Waals surface area (Å²) in [6.07, 6.45) is 9.55. The van der Waals surface area contributed by atoms with Crippen molar-refractivity contribution in [2.24, 2.45) is 4.99 Å². The number of furan rings is 1. The summed E-state index contributed by atoms with van der Waals surface area (Å²) >= 11 is 0. The normalized spacial score (nSPS) is 16.2. The molecule has 2 N–H and O–H groups in total. The Labute approximate surface area is 184 Å². The molecular formula is C24H32N6O. The van der Waals surface area contributed by atoms with E-state index in [2.05, 4.69) is 62.2 Å². The van der Waals surface area contributed by atoms with Crippen LogP contribution in [0.5, 0.6) is 0 Å². The Morgan fingerprint density at radius 3 is 2.65 bits per heavy atom. The number of aliphatic imine (C=N–C) groups is 1. The van der Waals surface area contributed by atoms with Crippen molar-refractivity contribution in [3.05, 3.63) is 78.0 Å². The van der Waals surface area contributed by atoms with Crippen LogP contribution in [0.1, 0.15) is 42.2 Å². The molecule has 0 saturated carbocycles. The predicted molar refractivity (Wildman–Crippen MR) is 123 cm³/mol. The lowest BCUT2D eigenvalue weighted by molar-refractivity contribution is 0.146. The molecule has 1 aromatic carbocycles. The number of rotatable bonds is 8. The largest absolute Gasteiger partial charge is 0.468 e. The molecule has 7 nitrogen and oxygen atoms in total. The van der Waals surface area contributed by atoms with E-state index >= 15 is 0 Å². The summed E-state index contributed by atoms with van der Waals surface area (Å²) in [5, 5.41) is 11.4. The summed E-state index contributed by atoms with van der Waals surface area (Å²) in [6, 6.07) is 14.6. The zero-order valence-electron chi connectivity index (χ0n) is 18.2. The Hall–Kier alpha value is -3.06. The minimum atomic E-state index is 0.211. The Morgan fingerprint density at radius 1 is 1.06 bits per heavy atom. The van der Waals surface area contributed by atoms with Gasteiger partial charge in [-0.1, -0.05) is 36.8 Å². The van der Waals surface area contributed by atoms with Crippen molar-refractivity contribution in [3.63, 3.8) is 0 Å². The third kappa shape index (κ3) is 5.98. The Balaban J connectivity index is 1.30. The van der Waals surface area contributed by atoms with Gasteiger partial charge in [-0.2, -0.15) is 5.10 Å². The van der Waals surface area contributed by atoms with E-state index in [4.69, 9.17) is 4.42 Å². The van der Waals surface area contributed by atoms with Gasteiger partial charge >= 0.3 is 0 Å². The minimum Gasteiger partial charge on any atom is -0.468 e. The molecule has 1 aliphatic heterocycles. The van der Waals surface area contributed by atoms with Crippen LogP contribution in [0.2, 0.25) is 0 Å². The van der Waals surface area contributed by atoms with Crippen LogP contribution >= 0.6 is 0 Å². The van der Waals surface area contributed by atoms with Crippen molar-refractivity contribution >= 4 is 5.96 Å². The van der Waals surface area contributed by atoms with Crippen molar-refractivity contribution in [1.82, 2.24) is 25.3 Å². The average molecular weight is 421 g/mol. The minimum absolute atomic E-state index is 0.211. The van der Waals surface area contributed by atoms with Gasteiger partial charge in [-0.05, 0) is 43.6 Å². The molecular weight excluding hydrogens is 388 g/mol. The third-order valence-electron chi connectivity index (χ3n) is 5.72. The maximum atomic E-state index is 5.74. The molecule has 0 radical (unpaired) electrons. The van der Waals surface area contributed by atoms with Gasteiger partial charge in [0.15, 0.2) is 5.96 Å². The van der Waals surface area contributed by atoms with Crippen LogP contribution in [-0.4, -0.2) is 47.3 Å².